The Morgan fingerprint density at radius 3 is 2.09 bits per heavy atom. The van der Waals surface area contributed by atoms with E-state index in [4.69, 9.17) is 5.26 Å². The van der Waals surface area contributed by atoms with E-state index in [2.05, 4.69) is 6.07 Å². The molecular weight excluding hydrogens is 138 g/mol. The van der Waals surface area contributed by atoms with Gasteiger partial charge in [0.1, 0.15) is 6.29 Å². The molecule has 2 nitrogen and oxygen atoms in total. The van der Waals surface area contributed by atoms with Crippen LogP contribution in [0.25, 0.3) is 0 Å². The largest absolute Gasteiger partial charge is 0.303 e. The van der Waals surface area contributed by atoms with E-state index in [0.717, 1.165) is 19.1 Å². The van der Waals surface area contributed by atoms with Crippen molar-refractivity contribution in [1.29, 1.82) is 5.26 Å². The maximum Gasteiger partial charge on any atom is 0.127 e. The summed E-state index contributed by atoms with van der Waals surface area (Å²) in [5, 5.41) is 8.65. The Kier molecular flexibility index (Phi) is 3.81. The van der Waals surface area contributed by atoms with Gasteiger partial charge in [0.05, 0.1) is 12.0 Å². The van der Waals surface area contributed by atoms with Crippen molar-refractivity contribution in [2.75, 3.05) is 0 Å². The van der Waals surface area contributed by atoms with Gasteiger partial charge in [0.25, 0.3) is 0 Å². The summed E-state index contributed by atoms with van der Waals surface area (Å²) in [7, 11) is 0. The number of hydrogen-bond acceptors (Lipinski definition) is 2. The Morgan fingerprint density at radius 2 is 2.00 bits per heavy atom. The van der Waals surface area contributed by atoms with Gasteiger partial charge in [-0.2, -0.15) is 5.26 Å². The van der Waals surface area contributed by atoms with E-state index in [1.807, 2.05) is 13.8 Å². The maximum absolute atomic E-state index is 10.7. The Hall–Kier alpha value is -0.840. The highest BCUT2D eigenvalue weighted by Gasteiger charge is 2.32. The third-order valence-electron chi connectivity index (χ3n) is 2.61. The summed E-state index contributed by atoms with van der Waals surface area (Å²) in [5.74, 6) is -0.171. The molecule has 0 radical (unpaired) electrons. The van der Waals surface area contributed by atoms with Gasteiger partial charge in [0, 0.05) is 5.41 Å². The monoisotopic (exact) mass is 153 g/mol. The topological polar surface area (TPSA) is 40.9 Å². The lowest BCUT2D eigenvalue weighted by molar-refractivity contribution is -0.118. The first-order valence-electron chi connectivity index (χ1n) is 4.02. The second kappa shape index (κ2) is 4.12. The second-order valence-electron chi connectivity index (χ2n) is 2.91. The first-order chi connectivity index (χ1) is 5.16. The van der Waals surface area contributed by atoms with E-state index in [9.17, 15) is 4.79 Å². The summed E-state index contributed by atoms with van der Waals surface area (Å²) in [6.07, 6.45) is 2.43. The van der Waals surface area contributed by atoms with Crippen LogP contribution in [-0.4, -0.2) is 6.29 Å². The van der Waals surface area contributed by atoms with E-state index in [0.29, 0.717) is 0 Å². The predicted molar refractivity (Wildman–Crippen MR) is 43.9 cm³/mol. The first kappa shape index (κ1) is 10.2. The molecule has 1 unspecified atom stereocenters. The third kappa shape index (κ3) is 1.80. The van der Waals surface area contributed by atoms with Crippen molar-refractivity contribution in [2.45, 2.75) is 33.6 Å². The maximum atomic E-state index is 10.7. The molecule has 0 aromatic carbocycles. The number of carbonyl (C=O) groups excluding carboxylic acids is 1. The van der Waals surface area contributed by atoms with Crippen molar-refractivity contribution < 1.29 is 4.79 Å². The number of nitrogens with zero attached hydrogens (tertiary/aromatic N) is 1. The number of nitriles is 1. The fraction of sp³-hybridized carbons (Fsp3) is 0.778. The molecule has 0 aromatic rings. The van der Waals surface area contributed by atoms with Crippen molar-refractivity contribution in [3.05, 3.63) is 0 Å². The van der Waals surface area contributed by atoms with Crippen LogP contribution in [0.4, 0.5) is 0 Å². The molecule has 62 valence electrons. The van der Waals surface area contributed by atoms with Crippen molar-refractivity contribution in [2.24, 2.45) is 11.3 Å². The van der Waals surface area contributed by atoms with Gasteiger partial charge in [0.15, 0.2) is 0 Å². The van der Waals surface area contributed by atoms with Crippen LogP contribution in [0.3, 0.4) is 0 Å². The van der Waals surface area contributed by atoms with Gasteiger partial charge in [-0.3, -0.25) is 0 Å². The van der Waals surface area contributed by atoms with Gasteiger partial charge in [0.2, 0.25) is 0 Å². The van der Waals surface area contributed by atoms with E-state index in [-0.39, 0.29) is 5.92 Å². The van der Waals surface area contributed by atoms with Crippen LogP contribution < -0.4 is 0 Å². The van der Waals surface area contributed by atoms with Gasteiger partial charge in [-0.05, 0) is 19.8 Å². The van der Waals surface area contributed by atoms with E-state index >= 15 is 0 Å². The summed E-state index contributed by atoms with van der Waals surface area (Å²) >= 11 is 0. The van der Waals surface area contributed by atoms with Crippen LogP contribution in [0.1, 0.15) is 33.6 Å². The molecule has 0 fully saturated rings. The minimum atomic E-state index is -0.408. The molecule has 0 heterocycles. The first-order valence-corrected chi connectivity index (χ1v) is 4.02. The Labute approximate surface area is 68.2 Å². The molecule has 2 heteroatoms. The lowest BCUT2D eigenvalue weighted by Crippen LogP contribution is -2.28. The van der Waals surface area contributed by atoms with Crippen molar-refractivity contribution in [1.82, 2.24) is 0 Å². The summed E-state index contributed by atoms with van der Waals surface area (Å²) in [4.78, 5) is 10.7. The molecule has 0 aromatic heterocycles. The van der Waals surface area contributed by atoms with Gasteiger partial charge in [-0.25, -0.2) is 0 Å². The van der Waals surface area contributed by atoms with Crippen molar-refractivity contribution >= 4 is 6.29 Å². The fourth-order valence-corrected chi connectivity index (χ4v) is 1.26. The highest BCUT2D eigenvalue weighted by molar-refractivity contribution is 5.60. The van der Waals surface area contributed by atoms with Gasteiger partial charge in [-0.15, -0.1) is 0 Å². The van der Waals surface area contributed by atoms with Crippen LogP contribution in [0.15, 0.2) is 0 Å². The minimum Gasteiger partial charge on any atom is -0.303 e. The second-order valence-corrected chi connectivity index (χ2v) is 2.91. The van der Waals surface area contributed by atoms with E-state index in [1.165, 1.54) is 0 Å². The number of carbonyl (C=O) groups is 1. The zero-order valence-corrected chi connectivity index (χ0v) is 7.42. The van der Waals surface area contributed by atoms with Crippen LogP contribution in [0.5, 0.6) is 0 Å². The zero-order valence-electron chi connectivity index (χ0n) is 7.42. The quantitative estimate of drug-likeness (QED) is 0.580. The van der Waals surface area contributed by atoms with Crippen molar-refractivity contribution in [3.63, 3.8) is 0 Å². The van der Waals surface area contributed by atoms with E-state index < -0.39 is 5.41 Å². The number of rotatable bonds is 4. The Morgan fingerprint density at radius 1 is 1.55 bits per heavy atom. The predicted octanol–water partition coefficient (Wildman–Crippen LogP) is 2.15. The lowest BCUT2D eigenvalue weighted by Gasteiger charge is -2.26. The van der Waals surface area contributed by atoms with Crippen LogP contribution in [0.2, 0.25) is 0 Å². The molecule has 0 aliphatic rings. The van der Waals surface area contributed by atoms with Crippen molar-refractivity contribution in [3.8, 4) is 6.07 Å². The van der Waals surface area contributed by atoms with E-state index in [1.54, 1.807) is 6.92 Å². The highest BCUT2D eigenvalue weighted by Crippen LogP contribution is 2.32. The normalized spacial score (nSPS) is 13.6. The zero-order chi connectivity index (χ0) is 8.91. The highest BCUT2D eigenvalue weighted by atomic mass is 16.1. The molecular formula is C9H15NO. The number of aldehydes is 1. The molecule has 0 saturated carbocycles. The molecule has 0 amide bonds. The molecule has 0 spiro atoms. The molecule has 0 aliphatic carbocycles. The summed E-state index contributed by atoms with van der Waals surface area (Å²) in [6, 6.07) is 2.13. The molecule has 0 rings (SSSR count). The molecule has 0 N–H and O–H groups in total. The van der Waals surface area contributed by atoms with Crippen LogP contribution in [0, 0.1) is 22.7 Å². The molecule has 0 aliphatic heterocycles. The third-order valence-corrected chi connectivity index (χ3v) is 2.61. The Bertz CT molecular complexity index is 165. The standard InChI is InChI=1S/C9H15NO/c1-4-9(5-2,7-11)8(3)6-10/h7-8H,4-5H2,1-3H3. The Balaban J connectivity index is 4.56. The lowest BCUT2D eigenvalue weighted by atomic mass is 9.74. The fourth-order valence-electron chi connectivity index (χ4n) is 1.26. The smallest absolute Gasteiger partial charge is 0.127 e. The average molecular weight is 153 g/mol. The van der Waals surface area contributed by atoms with Gasteiger partial charge in [-0.1, -0.05) is 13.8 Å². The summed E-state index contributed by atoms with van der Waals surface area (Å²) < 4.78 is 0. The van der Waals surface area contributed by atoms with Crippen LogP contribution in [-0.2, 0) is 4.79 Å². The molecule has 0 bridgehead atoms. The van der Waals surface area contributed by atoms with Gasteiger partial charge >= 0.3 is 0 Å². The SMILES string of the molecule is CCC(C=O)(CC)C(C)C#N. The summed E-state index contributed by atoms with van der Waals surface area (Å²) in [5.41, 5.74) is -0.408. The molecule has 0 saturated heterocycles. The molecule has 1 atom stereocenters. The van der Waals surface area contributed by atoms with Crippen LogP contribution >= 0.6 is 0 Å². The van der Waals surface area contributed by atoms with Gasteiger partial charge < -0.3 is 4.79 Å². The average Bonchev–Trinajstić information content (AvgIpc) is 2.08. The molecule has 11 heavy (non-hydrogen) atoms. The number of hydrogen-bond donors (Lipinski definition) is 0. The minimum absolute atomic E-state index is 0.171. The summed E-state index contributed by atoms with van der Waals surface area (Å²) in [6.45, 7) is 5.71.